The van der Waals surface area contributed by atoms with Crippen LogP contribution in [0.1, 0.15) is 36.7 Å². The first-order chi connectivity index (χ1) is 12.4. The number of hydrogen-bond acceptors (Lipinski definition) is 3. The summed E-state index contributed by atoms with van der Waals surface area (Å²) in [5, 5.41) is 5.56. The molecule has 0 fully saturated rings. The highest BCUT2D eigenvalue weighted by Crippen LogP contribution is 2.26. The van der Waals surface area contributed by atoms with Crippen LogP contribution in [0.15, 0.2) is 46.9 Å². The molecule has 26 heavy (non-hydrogen) atoms. The Morgan fingerprint density at radius 1 is 1.15 bits per heavy atom. The van der Waals surface area contributed by atoms with Crippen LogP contribution in [0.4, 0.5) is 5.69 Å². The van der Waals surface area contributed by atoms with Gasteiger partial charge in [0.25, 0.3) is 11.8 Å². The van der Waals surface area contributed by atoms with Crippen LogP contribution in [-0.2, 0) is 11.2 Å². The molecule has 138 valence electrons. The third kappa shape index (κ3) is 5.88. The number of carbonyl (C=O) groups excluding carboxylic acids is 2. The van der Waals surface area contributed by atoms with Gasteiger partial charge in [0.05, 0.1) is 4.47 Å². The molecule has 2 amide bonds. The van der Waals surface area contributed by atoms with Crippen LogP contribution in [0, 0.1) is 0 Å². The molecule has 0 heterocycles. The van der Waals surface area contributed by atoms with Crippen LogP contribution in [0.3, 0.4) is 0 Å². The van der Waals surface area contributed by atoms with Gasteiger partial charge in [-0.2, -0.15) is 0 Å². The lowest BCUT2D eigenvalue weighted by Gasteiger charge is -2.11. The number of anilines is 1. The van der Waals surface area contributed by atoms with Gasteiger partial charge in [-0.1, -0.05) is 19.1 Å². The summed E-state index contributed by atoms with van der Waals surface area (Å²) in [4.78, 5) is 24.2. The molecule has 0 atom stereocenters. The highest BCUT2D eigenvalue weighted by molar-refractivity contribution is 9.10. The number of benzene rings is 2. The van der Waals surface area contributed by atoms with Crippen molar-refractivity contribution in [1.29, 1.82) is 0 Å². The molecule has 0 aromatic heterocycles. The molecule has 0 aliphatic heterocycles. The second kappa shape index (κ2) is 9.38. The first-order valence-electron chi connectivity index (χ1n) is 8.51. The molecular weight excluding hydrogens is 396 g/mol. The molecular formula is C20H23BrN2O3. The Morgan fingerprint density at radius 3 is 2.58 bits per heavy atom. The Kier molecular flexibility index (Phi) is 7.21. The van der Waals surface area contributed by atoms with Crippen molar-refractivity contribution in [3.63, 3.8) is 0 Å². The van der Waals surface area contributed by atoms with E-state index in [0.717, 1.165) is 10.9 Å². The average Bonchev–Trinajstić information content (AvgIpc) is 2.60. The molecule has 6 heteroatoms. The Hall–Kier alpha value is -2.34. The molecule has 5 nitrogen and oxygen atoms in total. The molecule has 0 spiro atoms. The summed E-state index contributed by atoms with van der Waals surface area (Å²) in [5.74, 6) is 0.146. The summed E-state index contributed by atoms with van der Waals surface area (Å²) >= 11 is 3.45. The highest BCUT2D eigenvalue weighted by Gasteiger charge is 2.10. The lowest BCUT2D eigenvalue weighted by atomic mass is 10.1. The van der Waals surface area contributed by atoms with Gasteiger partial charge in [0.1, 0.15) is 5.75 Å². The van der Waals surface area contributed by atoms with Crippen molar-refractivity contribution in [1.82, 2.24) is 5.32 Å². The fourth-order valence-electron chi connectivity index (χ4n) is 2.31. The van der Waals surface area contributed by atoms with Gasteiger partial charge in [-0.3, -0.25) is 9.59 Å². The molecule has 2 aromatic rings. The van der Waals surface area contributed by atoms with E-state index in [4.69, 9.17) is 4.74 Å². The summed E-state index contributed by atoms with van der Waals surface area (Å²) in [6.07, 6.45) is 0.931. The fraction of sp³-hybridized carbons (Fsp3) is 0.300. The summed E-state index contributed by atoms with van der Waals surface area (Å²) in [7, 11) is 0. The molecule has 0 aliphatic rings. The van der Waals surface area contributed by atoms with E-state index in [1.807, 2.05) is 32.0 Å². The predicted octanol–water partition coefficient (Wildman–Crippen LogP) is 4.17. The Morgan fingerprint density at radius 2 is 1.92 bits per heavy atom. The number of halogens is 1. The van der Waals surface area contributed by atoms with E-state index in [-0.39, 0.29) is 24.5 Å². The van der Waals surface area contributed by atoms with Crippen LogP contribution in [0.5, 0.6) is 5.75 Å². The van der Waals surface area contributed by atoms with Gasteiger partial charge in [0.15, 0.2) is 6.61 Å². The Bertz CT molecular complexity index is 790. The average molecular weight is 419 g/mol. The topological polar surface area (TPSA) is 67.4 Å². The maximum Gasteiger partial charge on any atom is 0.262 e. The summed E-state index contributed by atoms with van der Waals surface area (Å²) in [5.41, 5.74) is 2.23. The van der Waals surface area contributed by atoms with Crippen LogP contribution in [-0.4, -0.2) is 24.5 Å². The van der Waals surface area contributed by atoms with E-state index in [9.17, 15) is 9.59 Å². The van der Waals surface area contributed by atoms with Crippen molar-refractivity contribution in [2.24, 2.45) is 0 Å². The van der Waals surface area contributed by atoms with Crippen LogP contribution >= 0.6 is 15.9 Å². The Labute approximate surface area is 162 Å². The minimum atomic E-state index is -0.294. The van der Waals surface area contributed by atoms with Gasteiger partial charge in [-0.05, 0) is 72.1 Å². The van der Waals surface area contributed by atoms with Crippen molar-refractivity contribution in [3.8, 4) is 5.75 Å². The quantitative estimate of drug-likeness (QED) is 0.708. The van der Waals surface area contributed by atoms with E-state index in [0.29, 0.717) is 17.0 Å². The molecule has 0 saturated heterocycles. The lowest BCUT2D eigenvalue weighted by Crippen LogP contribution is -2.30. The van der Waals surface area contributed by atoms with Gasteiger partial charge < -0.3 is 15.4 Å². The van der Waals surface area contributed by atoms with E-state index < -0.39 is 0 Å². The lowest BCUT2D eigenvalue weighted by molar-refractivity contribution is -0.118. The number of hydrogen-bond donors (Lipinski definition) is 2. The van der Waals surface area contributed by atoms with Crippen molar-refractivity contribution in [3.05, 3.63) is 58.1 Å². The number of carbonyl (C=O) groups is 2. The number of rotatable bonds is 7. The monoisotopic (exact) mass is 418 g/mol. The third-order valence-electron chi connectivity index (χ3n) is 3.59. The maximum absolute atomic E-state index is 12.1. The van der Waals surface area contributed by atoms with Gasteiger partial charge in [-0.25, -0.2) is 0 Å². The zero-order valence-corrected chi connectivity index (χ0v) is 16.7. The fourth-order valence-corrected chi connectivity index (χ4v) is 2.85. The first kappa shape index (κ1) is 20.0. The van der Waals surface area contributed by atoms with Crippen LogP contribution < -0.4 is 15.4 Å². The molecule has 0 bridgehead atoms. The molecule has 2 aromatic carbocycles. The third-order valence-corrected chi connectivity index (χ3v) is 4.21. The first-order valence-corrected chi connectivity index (χ1v) is 9.30. The second-order valence-electron chi connectivity index (χ2n) is 6.16. The minimum Gasteiger partial charge on any atom is -0.483 e. The van der Waals surface area contributed by atoms with Gasteiger partial charge >= 0.3 is 0 Å². The summed E-state index contributed by atoms with van der Waals surface area (Å²) in [6.45, 7) is 5.75. The van der Waals surface area contributed by atoms with E-state index in [2.05, 4.69) is 33.5 Å². The summed E-state index contributed by atoms with van der Waals surface area (Å²) < 4.78 is 6.38. The molecule has 2 N–H and O–H groups in total. The van der Waals surface area contributed by atoms with Crippen molar-refractivity contribution in [2.45, 2.75) is 33.2 Å². The van der Waals surface area contributed by atoms with E-state index >= 15 is 0 Å². The van der Waals surface area contributed by atoms with Gasteiger partial charge in [-0.15, -0.1) is 0 Å². The molecule has 0 saturated carbocycles. The van der Waals surface area contributed by atoms with Crippen LogP contribution in [0.2, 0.25) is 0 Å². The number of nitrogens with one attached hydrogen (secondary N) is 2. The number of ether oxygens (including phenoxy) is 1. The van der Waals surface area contributed by atoms with Crippen LogP contribution in [0.25, 0.3) is 0 Å². The maximum atomic E-state index is 12.1. The molecule has 2 rings (SSSR count). The molecule has 0 aliphatic carbocycles. The molecule has 0 unspecified atom stereocenters. The second-order valence-corrected chi connectivity index (χ2v) is 7.02. The zero-order chi connectivity index (χ0) is 19.1. The minimum absolute atomic E-state index is 0.0479. The Balaban J connectivity index is 1.94. The van der Waals surface area contributed by atoms with Crippen molar-refractivity contribution < 1.29 is 14.3 Å². The summed E-state index contributed by atoms with van der Waals surface area (Å²) in [6, 6.07) is 12.6. The van der Waals surface area contributed by atoms with Crippen molar-refractivity contribution in [2.75, 3.05) is 11.9 Å². The largest absolute Gasteiger partial charge is 0.483 e. The normalized spacial score (nSPS) is 10.5. The molecule has 0 radical (unpaired) electrons. The standard InChI is InChI=1S/C20H23BrN2O3/c1-4-14-8-9-18(17(21)10-14)26-12-19(24)23-16-7-5-6-15(11-16)20(25)22-13(2)3/h5-11,13H,4,12H2,1-3H3,(H,22,25)(H,23,24). The predicted molar refractivity (Wildman–Crippen MR) is 107 cm³/mol. The van der Waals surface area contributed by atoms with Gasteiger partial charge in [0.2, 0.25) is 0 Å². The number of aryl methyl sites for hydroxylation is 1. The van der Waals surface area contributed by atoms with Gasteiger partial charge in [0, 0.05) is 17.3 Å². The SMILES string of the molecule is CCc1ccc(OCC(=O)Nc2cccc(C(=O)NC(C)C)c2)c(Br)c1. The van der Waals surface area contributed by atoms with E-state index in [1.165, 1.54) is 5.56 Å². The highest BCUT2D eigenvalue weighted by atomic mass is 79.9. The number of amides is 2. The van der Waals surface area contributed by atoms with E-state index in [1.54, 1.807) is 24.3 Å². The zero-order valence-electron chi connectivity index (χ0n) is 15.1. The smallest absolute Gasteiger partial charge is 0.262 e. The van der Waals surface area contributed by atoms with Crippen molar-refractivity contribution >= 4 is 33.4 Å².